The molecule has 3 aromatic rings. The van der Waals surface area contributed by atoms with E-state index >= 15 is 0 Å². The molecule has 0 bridgehead atoms. The number of carbonyl (C=O) groups is 3. The van der Waals surface area contributed by atoms with Gasteiger partial charge in [0.05, 0.1) is 19.1 Å². The predicted octanol–water partition coefficient (Wildman–Crippen LogP) is 5.22. The van der Waals surface area contributed by atoms with Gasteiger partial charge in [-0.25, -0.2) is 4.79 Å². The molecule has 1 aliphatic carbocycles. The van der Waals surface area contributed by atoms with Crippen LogP contribution in [0.3, 0.4) is 0 Å². The predicted molar refractivity (Wildman–Crippen MR) is 138 cm³/mol. The molecule has 2 aromatic carbocycles. The highest BCUT2D eigenvalue weighted by atomic mass is 32.1. The van der Waals surface area contributed by atoms with Gasteiger partial charge in [0.1, 0.15) is 6.04 Å². The number of thiophene rings is 1. The number of amides is 2. The molecule has 0 saturated heterocycles. The number of hydrogen-bond donors (Lipinski definition) is 1. The average molecular weight is 491 g/mol. The van der Waals surface area contributed by atoms with Gasteiger partial charge in [0.15, 0.2) is 0 Å². The van der Waals surface area contributed by atoms with E-state index in [9.17, 15) is 14.4 Å². The van der Waals surface area contributed by atoms with Gasteiger partial charge in [0, 0.05) is 16.6 Å². The molecule has 0 radical (unpaired) electrons. The maximum absolute atomic E-state index is 13.9. The normalized spacial score (nSPS) is 14.3. The molecule has 2 amide bonds. The first-order valence-electron chi connectivity index (χ1n) is 11.9. The minimum Gasteiger partial charge on any atom is -0.465 e. The van der Waals surface area contributed by atoms with Crippen LogP contribution in [0.25, 0.3) is 0 Å². The quantitative estimate of drug-likeness (QED) is 0.440. The van der Waals surface area contributed by atoms with Crippen molar-refractivity contribution in [3.8, 4) is 0 Å². The summed E-state index contributed by atoms with van der Waals surface area (Å²) in [6.45, 7) is 1.94. The third-order valence-corrected chi connectivity index (χ3v) is 7.29. The second kappa shape index (κ2) is 11.3. The van der Waals surface area contributed by atoms with Crippen LogP contribution in [-0.2, 0) is 20.7 Å². The molecule has 0 spiro atoms. The molecule has 35 heavy (non-hydrogen) atoms. The summed E-state index contributed by atoms with van der Waals surface area (Å²) >= 11 is 1.50. The zero-order chi connectivity index (χ0) is 24.8. The van der Waals surface area contributed by atoms with E-state index in [0.717, 1.165) is 41.7 Å². The molecule has 0 aliphatic heterocycles. The first kappa shape index (κ1) is 24.7. The number of benzene rings is 2. The van der Waals surface area contributed by atoms with Gasteiger partial charge in [-0.1, -0.05) is 49.2 Å². The molecular formula is C28H30N2O4S. The summed E-state index contributed by atoms with van der Waals surface area (Å²) in [6, 6.07) is 17.4. The maximum atomic E-state index is 13.9. The van der Waals surface area contributed by atoms with Crippen molar-refractivity contribution in [2.75, 3.05) is 12.0 Å². The molecule has 4 rings (SSSR count). The molecule has 1 aliphatic rings. The Hall–Kier alpha value is -3.45. The highest BCUT2D eigenvalue weighted by Crippen LogP contribution is 2.32. The lowest BCUT2D eigenvalue weighted by molar-refractivity contribution is -0.127. The van der Waals surface area contributed by atoms with E-state index in [4.69, 9.17) is 4.74 Å². The number of hydrogen-bond acceptors (Lipinski definition) is 5. The summed E-state index contributed by atoms with van der Waals surface area (Å²) in [5.74, 6) is -0.932. The van der Waals surface area contributed by atoms with Crippen LogP contribution >= 0.6 is 11.3 Å². The summed E-state index contributed by atoms with van der Waals surface area (Å²) in [7, 11) is 1.32. The Bertz CT molecular complexity index is 1190. The second-order valence-electron chi connectivity index (χ2n) is 8.81. The first-order chi connectivity index (χ1) is 17.0. The second-order valence-corrected chi connectivity index (χ2v) is 9.84. The van der Waals surface area contributed by atoms with Gasteiger partial charge in [-0.05, 0) is 60.5 Å². The molecule has 7 heteroatoms. The van der Waals surface area contributed by atoms with E-state index in [1.54, 1.807) is 29.2 Å². The van der Waals surface area contributed by atoms with Gasteiger partial charge in [-0.3, -0.25) is 14.5 Å². The third kappa shape index (κ3) is 5.80. The summed E-state index contributed by atoms with van der Waals surface area (Å²) in [6.07, 6.45) is 4.20. The van der Waals surface area contributed by atoms with E-state index in [2.05, 4.69) is 5.32 Å². The molecule has 182 valence electrons. The van der Waals surface area contributed by atoms with Crippen molar-refractivity contribution in [1.29, 1.82) is 0 Å². The lowest BCUT2D eigenvalue weighted by Gasteiger charge is -2.33. The average Bonchev–Trinajstić information content (AvgIpc) is 3.57. The highest BCUT2D eigenvalue weighted by Gasteiger charge is 2.35. The van der Waals surface area contributed by atoms with Crippen LogP contribution in [0, 0.1) is 6.92 Å². The van der Waals surface area contributed by atoms with E-state index < -0.39 is 12.0 Å². The van der Waals surface area contributed by atoms with Gasteiger partial charge < -0.3 is 10.1 Å². The van der Waals surface area contributed by atoms with Crippen molar-refractivity contribution in [1.82, 2.24) is 5.32 Å². The fourth-order valence-corrected chi connectivity index (χ4v) is 5.32. The smallest absolute Gasteiger partial charge is 0.337 e. The van der Waals surface area contributed by atoms with Crippen molar-refractivity contribution >= 4 is 34.8 Å². The van der Waals surface area contributed by atoms with Crippen molar-refractivity contribution in [3.05, 3.63) is 87.6 Å². The summed E-state index contributed by atoms with van der Waals surface area (Å²) < 4.78 is 4.90. The van der Waals surface area contributed by atoms with Gasteiger partial charge in [0.2, 0.25) is 11.8 Å². The fourth-order valence-electron chi connectivity index (χ4n) is 4.63. The Morgan fingerprint density at radius 3 is 2.51 bits per heavy atom. The molecular weight excluding hydrogens is 460 g/mol. The van der Waals surface area contributed by atoms with Crippen LogP contribution < -0.4 is 10.2 Å². The van der Waals surface area contributed by atoms with Crippen molar-refractivity contribution in [3.63, 3.8) is 0 Å². The lowest BCUT2D eigenvalue weighted by Crippen LogP contribution is -2.47. The molecule has 1 N–H and O–H groups in total. The van der Waals surface area contributed by atoms with Gasteiger partial charge in [-0.2, -0.15) is 0 Å². The van der Waals surface area contributed by atoms with E-state index in [1.807, 2.05) is 48.7 Å². The minimum atomic E-state index is -0.878. The Balaban J connectivity index is 1.81. The van der Waals surface area contributed by atoms with Crippen LogP contribution in [0.5, 0.6) is 0 Å². The standard InChI is InChI=1S/C28H30N2O4S/c1-19-9-3-6-15-24(19)26(27(32)29-21-11-4-5-12-21)30(25(31)18-23-14-8-16-35-23)22-13-7-10-20(17-22)28(33)34-2/h3,6-10,13-17,21,26H,4-5,11-12,18H2,1-2H3,(H,29,32). The number of nitrogens with zero attached hydrogens (tertiary/aromatic N) is 1. The molecule has 1 heterocycles. The zero-order valence-corrected chi connectivity index (χ0v) is 20.8. The minimum absolute atomic E-state index is 0.102. The van der Waals surface area contributed by atoms with E-state index in [0.29, 0.717) is 11.3 Å². The molecule has 1 atom stereocenters. The van der Waals surface area contributed by atoms with Crippen LogP contribution in [0.2, 0.25) is 0 Å². The van der Waals surface area contributed by atoms with Crippen molar-refractivity contribution in [2.24, 2.45) is 0 Å². The number of nitrogens with one attached hydrogen (secondary N) is 1. The van der Waals surface area contributed by atoms with Crippen LogP contribution in [-0.4, -0.2) is 30.9 Å². The molecule has 1 saturated carbocycles. The lowest BCUT2D eigenvalue weighted by atomic mass is 9.97. The first-order valence-corrected chi connectivity index (χ1v) is 12.7. The largest absolute Gasteiger partial charge is 0.465 e. The Morgan fingerprint density at radius 2 is 1.83 bits per heavy atom. The molecule has 1 aromatic heterocycles. The van der Waals surface area contributed by atoms with Gasteiger partial charge in [-0.15, -0.1) is 11.3 Å². The fraction of sp³-hybridized carbons (Fsp3) is 0.321. The topological polar surface area (TPSA) is 75.7 Å². The number of ether oxygens (including phenoxy) is 1. The summed E-state index contributed by atoms with van der Waals surface area (Å²) in [4.78, 5) is 42.4. The Labute approximate surface area is 209 Å². The molecule has 1 fully saturated rings. The number of esters is 1. The summed E-state index contributed by atoms with van der Waals surface area (Å²) in [5, 5.41) is 5.12. The number of methoxy groups -OCH3 is 1. The van der Waals surface area contributed by atoms with Gasteiger partial charge in [0.25, 0.3) is 0 Å². The van der Waals surface area contributed by atoms with E-state index in [1.165, 1.54) is 18.4 Å². The van der Waals surface area contributed by atoms with Crippen molar-refractivity contribution in [2.45, 2.75) is 51.1 Å². The molecule has 1 unspecified atom stereocenters. The van der Waals surface area contributed by atoms with Crippen LogP contribution in [0.15, 0.2) is 66.0 Å². The zero-order valence-electron chi connectivity index (χ0n) is 20.0. The highest BCUT2D eigenvalue weighted by molar-refractivity contribution is 7.10. The van der Waals surface area contributed by atoms with Crippen molar-refractivity contribution < 1.29 is 19.1 Å². The summed E-state index contributed by atoms with van der Waals surface area (Å²) in [5.41, 5.74) is 2.46. The molecule has 6 nitrogen and oxygen atoms in total. The number of anilines is 1. The van der Waals surface area contributed by atoms with E-state index in [-0.39, 0.29) is 24.3 Å². The van der Waals surface area contributed by atoms with Gasteiger partial charge >= 0.3 is 5.97 Å². The number of aryl methyl sites for hydroxylation is 1. The van der Waals surface area contributed by atoms with Crippen LogP contribution in [0.1, 0.15) is 58.1 Å². The Kier molecular flexibility index (Phi) is 7.98. The number of carbonyl (C=O) groups excluding carboxylic acids is 3. The maximum Gasteiger partial charge on any atom is 0.337 e. The number of rotatable bonds is 8. The SMILES string of the molecule is COC(=O)c1cccc(N(C(=O)Cc2cccs2)C(C(=O)NC2CCCC2)c2ccccc2C)c1. The monoisotopic (exact) mass is 490 g/mol. The van der Waals surface area contributed by atoms with Crippen LogP contribution in [0.4, 0.5) is 5.69 Å². The Morgan fingerprint density at radius 1 is 1.06 bits per heavy atom. The third-order valence-electron chi connectivity index (χ3n) is 6.41.